The van der Waals surface area contributed by atoms with Crippen molar-refractivity contribution in [1.82, 2.24) is 9.47 Å². The van der Waals surface area contributed by atoms with E-state index in [1.807, 2.05) is 61.7 Å². The van der Waals surface area contributed by atoms with Gasteiger partial charge >= 0.3 is 0 Å². The summed E-state index contributed by atoms with van der Waals surface area (Å²) >= 11 is 0. The fourth-order valence-corrected chi connectivity index (χ4v) is 4.39. The van der Waals surface area contributed by atoms with E-state index in [2.05, 4.69) is 17.0 Å². The van der Waals surface area contributed by atoms with Gasteiger partial charge < -0.3 is 19.1 Å². The average molecular weight is 463 g/mol. The van der Waals surface area contributed by atoms with Crippen molar-refractivity contribution in [3.63, 3.8) is 0 Å². The molecular weight excluding hydrogens is 428 g/mol. The molecule has 1 atom stereocenters. The number of nitrogens with zero attached hydrogens (tertiary/aromatic N) is 2. The van der Waals surface area contributed by atoms with Crippen LogP contribution in [0.15, 0.2) is 77.7 Å². The summed E-state index contributed by atoms with van der Waals surface area (Å²) in [4.78, 5) is 14.2. The third-order valence-corrected chi connectivity index (χ3v) is 6.16. The molecule has 0 amide bonds. The molecule has 1 aliphatic rings. The second kappa shape index (κ2) is 11.4. The van der Waals surface area contributed by atoms with E-state index in [4.69, 9.17) is 9.47 Å². The minimum absolute atomic E-state index is 0.0196. The predicted octanol–water partition coefficient (Wildman–Crippen LogP) is 4.03. The van der Waals surface area contributed by atoms with Gasteiger partial charge in [-0.25, -0.2) is 0 Å². The second-order valence-electron chi connectivity index (χ2n) is 9.22. The Hall–Kier alpha value is -3.09. The van der Waals surface area contributed by atoms with Crippen LogP contribution < -0.4 is 15.0 Å². The van der Waals surface area contributed by atoms with Crippen LogP contribution in [0, 0.1) is 6.92 Å². The lowest BCUT2D eigenvalue weighted by Crippen LogP contribution is -2.51. The maximum Gasteiger partial charge on any atom is 0.250 e. The Morgan fingerprint density at radius 3 is 2.53 bits per heavy atom. The lowest BCUT2D eigenvalue weighted by molar-refractivity contribution is -0.0621. The maximum absolute atomic E-state index is 11.9. The number of hydrogen-bond acceptors (Lipinski definition) is 5. The molecule has 6 heteroatoms. The van der Waals surface area contributed by atoms with Crippen LogP contribution in [0.1, 0.15) is 30.4 Å². The molecule has 0 spiro atoms. The largest absolute Gasteiger partial charge is 0.494 e. The minimum atomic E-state index is -0.837. The Balaban J connectivity index is 1.22. The molecule has 1 aliphatic heterocycles. The standard InChI is InChI=1S/C28H34N2O4/c1-23-9-14-27(31)30(19-23)17-6-18-33-26-12-10-24(11-13-26)20-29-16-5-15-28(32,21-29)22-34-25-7-3-2-4-8-25/h2-4,7-14,19,32H,5-6,15-18,20-22H2,1H3. The molecule has 0 saturated carbocycles. The molecule has 1 saturated heterocycles. The second-order valence-corrected chi connectivity index (χ2v) is 9.22. The van der Waals surface area contributed by atoms with Gasteiger partial charge in [0.15, 0.2) is 0 Å². The number of piperidine rings is 1. The summed E-state index contributed by atoms with van der Waals surface area (Å²) in [7, 11) is 0. The molecule has 0 aliphatic carbocycles. The molecule has 2 heterocycles. The van der Waals surface area contributed by atoms with Crippen LogP contribution in [0.4, 0.5) is 0 Å². The summed E-state index contributed by atoms with van der Waals surface area (Å²) in [5.74, 6) is 1.61. The normalized spacial score (nSPS) is 18.5. The topological polar surface area (TPSA) is 63.9 Å². The molecule has 4 rings (SSSR count). The van der Waals surface area contributed by atoms with Crippen molar-refractivity contribution in [2.75, 3.05) is 26.3 Å². The smallest absolute Gasteiger partial charge is 0.250 e. The van der Waals surface area contributed by atoms with Crippen molar-refractivity contribution in [1.29, 1.82) is 0 Å². The van der Waals surface area contributed by atoms with Crippen molar-refractivity contribution >= 4 is 0 Å². The molecule has 2 aromatic carbocycles. The quantitative estimate of drug-likeness (QED) is 0.461. The van der Waals surface area contributed by atoms with Crippen LogP contribution in [-0.2, 0) is 13.1 Å². The van der Waals surface area contributed by atoms with Gasteiger partial charge in [-0.15, -0.1) is 0 Å². The van der Waals surface area contributed by atoms with Crippen LogP contribution in [0.5, 0.6) is 11.5 Å². The van der Waals surface area contributed by atoms with Gasteiger partial charge in [0.2, 0.25) is 0 Å². The minimum Gasteiger partial charge on any atom is -0.494 e. The van der Waals surface area contributed by atoms with E-state index in [1.54, 1.807) is 10.6 Å². The van der Waals surface area contributed by atoms with Crippen molar-refractivity contribution in [2.45, 2.75) is 44.9 Å². The highest BCUT2D eigenvalue weighted by atomic mass is 16.5. The van der Waals surface area contributed by atoms with E-state index in [9.17, 15) is 9.90 Å². The number of hydrogen-bond donors (Lipinski definition) is 1. The molecule has 0 bridgehead atoms. The van der Waals surface area contributed by atoms with E-state index < -0.39 is 5.60 Å². The number of rotatable bonds is 10. The summed E-state index contributed by atoms with van der Waals surface area (Å²) in [6, 6.07) is 21.2. The van der Waals surface area contributed by atoms with Crippen molar-refractivity contribution in [2.24, 2.45) is 0 Å². The van der Waals surface area contributed by atoms with Gasteiger partial charge in [0.05, 0.1) is 6.61 Å². The summed E-state index contributed by atoms with van der Waals surface area (Å²) < 4.78 is 13.4. The molecule has 180 valence electrons. The first-order valence-corrected chi connectivity index (χ1v) is 12.0. The fraction of sp³-hybridized carbons (Fsp3) is 0.393. The number of para-hydroxylation sites is 1. The van der Waals surface area contributed by atoms with Crippen LogP contribution in [0.3, 0.4) is 0 Å². The van der Waals surface area contributed by atoms with Gasteiger partial charge in [-0.1, -0.05) is 36.4 Å². The van der Waals surface area contributed by atoms with Crippen LogP contribution in [0.25, 0.3) is 0 Å². The number of aromatic nitrogens is 1. The zero-order valence-corrected chi connectivity index (χ0v) is 19.9. The Morgan fingerprint density at radius 1 is 0.971 bits per heavy atom. The molecule has 3 aromatic rings. The first-order chi connectivity index (χ1) is 16.5. The number of likely N-dealkylation sites (tertiary alicyclic amines) is 1. The number of aryl methyl sites for hydroxylation is 2. The first-order valence-electron chi connectivity index (χ1n) is 12.0. The molecule has 1 unspecified atom stereocenters. The number of aliphatic hydroxyl groups is 1. The van der Waals surface area contributed by atoms with Gasteiger partial charge in [-0.3, -0.25) is 9.69 Å². The van der Waals surface area contributed by atoms with Gasteiger partial charge in [0, 0.05) is 31.9 Å². The van der Waals surface area contributed by atoms with Gasteiger partial charge in [-0.05, 0) is 68.1 Å². The highest BCUT2D eigenvalue weighted by Crippen LogP contribution is 2.24. The number of pyridine rings is 1. The highest BCUT2D eigenvalue weighted by molar-refractivity contribution is 5.27. The fourth-order valence-electron chi connectivity index (χ4n) is 4.39. The lowest BCUT2D eigenvalue weighted by atomic mass is 9.93. The Kier molecular flexibility index (Phi) is 8.03. The maximum atomic E-state index is 11.9. The molecule has 1 N–H and O–H groups in total. The predicted molar refractivity (Wildman–Crippen MR) is 133 cm³/mol. The zero-order valence-electron chi connectivity index (χ0n) is 19.9. The first kappa shape index (κ1) is 24.0. The molecule has 6 nitrogen and oxygen atoms in total. The number of benzene rings is 2. The highest BCUT2D eigenvalue weighted by Gasteiger charge is 2.34. The van der Waals surface area contributed by atoms with Crippen molar-refractivity contribution in [3.8, 4) is 11.5 Å². The van der Waals surface area contributed by atoms with Crippen molar-refractivity contribution in [3.05, 3.63) is 94.4 Å². The van der Waals surface area contributed by atoms with Crippen LogP contribution in [-0.4, -0.2) is 46.5 Å². The summed E-state index contributed by atoms with van der Waals surface area (Å²) in [6.07, 6.45) is 4.34. The number of ether oxygens (including phenoxy) is 2. The van der Waals surface area contributed by atoms with E-state index in [-0.39, 0.29) is 5.56 Å². The van der Waals surface area contributed by atoms with Crippen molar-refractivity contribution < 1.29 is 14.6 Å². The molecule has 34 heavy (non-hydrogen) atoms. The Bertz CT molecular complexity index is 1100. The number of β-amino-alcohol motifs (C(OH)–C–C–N with tert-alkyl or cyclic N) is 1. The third kappa shape index (κ3) is 6.95. The van der Waals surface area contributed by atoms with Gasteiger partial charge in [-0.2, -0.15) is 0 Å². The monoisotopic (exact) mass is 462 g/mol. The molecule has 1 fully saturated rings. The summed E-state index contributed by atoms with van der Waals surface area (Å²) in [6.45, 7) is 5.82. The average Bonchev–Trinajstić information content (AvgIpc) is 2.84. The summed E-state index contributed by atoms with van der Waals surface area (Å²) in [5, 5.41) is 11.1. The molecule has 1 aromatic heterocycles. The van der Waals surface area contributed by atoms with E-state index in [1.165, 1.54) is 5.56 Å². The Morgan fingerprint density at radius 2 is 1.74 bits per heavy atom. The summed E-state index contributed by atoms with van der Waals surface area (Å²) in [5.41, 5.74) is 1.45. The molecular formula is C28H34N2O4. The van der Waals surface area contributed by atoms with E-state index in [0.717, 1.165) is 49.4 Å². The lowest BCUT2D eigenvalue weighted by Gasteiger charge is -2.39. The zero-order chi connectivity index (χ0) is 23.8. The van der Waals surface area contributed by atoms with E-state index >= 15 is 0 Å². The third-order valence-electron chi connectivity index (χ3n) is 6.16. The van der Waals surface area contributed by atoms with Gasteiger partial charge in [0.25, 0.3) is 5.56 Å². The van der Waals surface area contributed by atoms with Crippen LogP contribution >= 0.6 is 0 Å². The Labute approximate surface area is 201 Å². The molecule has 0 radical (unpaired) electrons. The SMILES string of the molecule is Cc1ccc(=O)n(CCCOc2ccc(CN3CCCC(O)(COc4ccccc4)C3)cc2)c1. The van der Waals surface area contributed by atoms with Gasteiger partial charge in [0.1, 0.15) is 23.7 Å². The van der Waals surface area contributed by atoms with E-state index in [0.29, 0.717) is 26.3 Å². The van der Waals surface area contributed by atoms with Crippen LogP contribution in [0.2, 0.25) is 0 Å².